The van der Waals surface area contributed by atoms with Crippen LogP contribution in [0.3, 0.4) is 0 Å². The van der Waals surface area contributed by atoms with Gasteiger partial charge in [-0.3, -0.25) is 4.90 Å². The lowest BCUT2D eigenvalue weighted by Crippen LogP contribution is -2.48. The Kier molecular flexibility index (Phi) is 1.50. The van der Waals surface area contributed by atoms with Gasteiger partial charge in [0.1, 0.15) is 0 Å². The fourth-order valence-electron chi connectivity index (χ4n) is 3.05. The Labute approximate surface area is 74.1 Å². The average Bonchev–Trinajstić information content (AvgIpc) is 2.61. The molecular weight excluding hydrogens is 148 g/mol. The molecule has 2 saturated carbocycles. The average molecular weight is 166 g/mol. The lowest BCUT2D eigenvalue weighted by molar-refractivity contribution is 0.0985. The monoisotopic (exact) mass is 166 g/mol. The summed E-state index contributed by atoms with van der Waals surface area (Å²) in [5, 5.41) is 0. The van der Waals surface area contributed by atoms with Crippen molar-refractivity contribution in [3.8, 4) is 0 Å². The van der Waals surface area contributed by atoms with Gasteiger partial charge in [-0.15, -0.1) is 0 Å². The highest BCUT2D eigenvalue weighted by atomic mass is 15.3. The Balaban J connectivity index is 1.69. The van der Waals surface area contributed by atoms with Crippen molar-refractivity contribution in [3.05, 3.63) is 0 Å². The summed E-state index contributed by atoms with van der Waals surface area (Å²) in [4.78, 5) is 2.71. The zero-order valence-electron chi connectivity index (χ0n) is 7.58. The summed E-state index contributed by atoms with van der Waals surface area (Å²) in [5.41, 5.74) is 5.82. The summed E-state index contributed by atoms with van der Waals surface area (Å²) in [6.45, 7) is 2.27. The molecule has 0 aromatic carbocycles. The van der Waals surface area contributed by atoms with Crippen molar-refractivity contribution in [2.24, 2.45) is 17.6 Å². The van der Waals surface area contributed by atoms with Crippen LogP contribution >= 0.6 is 0 Å². The van der Waals surface area contributed by atoms with Crippen LogP contribution in [0.2, 0.25) is 0 Å². The van der Waals surface area contributed by atoms with E-state index in [1.165, 1.54) is 32.2 Å². The molecule has 12 heavy (non-hydrogen) atoms. The zero-order chi connectivity index (χ0) is 8.13. The maximum Gasteiger partial charge on any atom is 0.0252 e. The van der Waals surface area contributed by atoms with E-state index in [0.717, 1.165) is 30.5 Å². The highest BCUT2D eigenvalue weighted by Crippen LogP contribution is 2.51. The van der Waals surface area contributed by atoms with E-state index in [9.17, 15) is 0 Å². The van der Waals surface area contributed by atoms with Crippen molar-refractivity contribution in [1.29, 1.82) is 0 Å². The van der Waals surface area contributed by atoms with Crippen molar-refractivity contribution >= 4 is 0 Å². The first-order valence-electron chi connectivity index (χ1n) is 5.36. The standard InChI is InChI=1S/C10H18N2/c11-5-10-9-4-7(9)6-12(10)8-2-1-3-8/h7-10H,1-6,11H2. The third-order valence-electron chi connectivity index (χ3n) is 4.13. The van der Waals surface area contributed by atoms with E-state index in [4.69, 9.17) is 5.73 Å². The Hall–Kier alpha value is -0.0800. The third-order valence-corrected chi connectivity index (χ3v) is 4.13. The Morgan fingerprint density at radius 1 is 1.33 bits per heavy atom. The van der Waals surface area contributed by atoms with Crippen molar-refractivity contribution < 1.29 is 0 Å². The molecule has 1 aliphatic heterocycles. The molecule has 2 nitrogen and oxygen atoms in total. The summed E-state index contributed by atoms with van der Waals surface area (Å²) in [6.07, 6.45) is 5.81. The van der Waals surface area contributed by atoms with Crippen LogP contribution < -0.4 is 5.73 Å². The van der Waals surface area contributed by atoms with Crippen molar-refractivity contribution in [2.75, 3.05) is 13.1 Å². The Morgan fingerprint density at radius 3 is 2.75 bits per heavy atom. The predicted octanol–water partition coefficient (Wildman–Crippen LogP) is 0.818. The van der Waals surface area contributed by atoms with Crippen molar-refractivity contribution in [3.63, 3.8) is 0 Å². The van der Waals surface area contributed by atoms with Crippen LogP contribution in [-0.2, 0) is 0 Å². The lowest BCUT2D eigenvalue weighted by Gasteiger charge is -2.39. The molecule has 3 rings (SSSR count). The first kappa shape index (κ1) is 7.34. The number of likely N-dealkylation sites (tertiary alicyclic amines) is 1. The highest BCUT2D eigenvalue weighted by molar-refractivity contribution is 5.06. The summed E-state index contributed by atoms with van der Waals surface area (Å²) in [7, 11) is 0. The molecule has 1 saturated heterocycles. The molecule has 3 unspecified atom stereocenters. The van der Waals surface area contributed by atoms with E-state index in [1.807, 2.05) is 0 Å². The number of rotatable bonds is 2. The van der Waals surface area contributed by atoms with Crippen LogP contribution in [-0.4, -0.2) is 30.1 Å². The lowest BCUT2D eigenvalue weighted by atomic mass is 9.90. The molecule has 2 heteroatoms. The summed E-state index contributed by atoms with van der Waals surface area (Å²) < 4.78 is 0. The number of fused-ring (bicyclic) bond motifs is 1. The van der Waals surface area contributed by atoms with Crippen LogP contribution in [0.4, 0.5) is 0 Å². The molecule has 68 valence electrons. The van der Waals surface area contributed by atoms with Gasteiger partial charge in [0.15, 0.2) is 0 Å². The number of nitrogens with two attached hydrogens (primary N) is 1. The van der Waals surface area contributed by atoms with E-state index >= 15 is 0 Å². The maximum atomic E-state index is 5.82. The fourth-order valence-corrected chi connectivity index (χ4v) is 3.05. The predicted molar refractivity (Wildman–Crippen MR) is 48.8 cm³/mol. The van der Waals surface area contributed by atoms with Crippen LogP contribution in [0.15, 0.2) is 0 Å². The fraction of sp³-hybridized carbons (Fsp3) is 1.00. The normalized spacial score (nSPS) is 47.2. The number of nitrogens with zero attached hydrogens (tertiary/aromatic N) is 1. The van der Waals surface area contributed by atoms with Gasteiger partial charge in [0.05, 0.1) is 0 Å². The number of hydrogen-bond acceptors (Lipinski definition) is 2. The van der Waals surface area contributed by atoms with Crippen molar-refractivity contribution in [2.45, 2.75) is 37.8 Å². The van der Waals surface area contributed by atoms with Crippen molar-refractivity contribution in [1.82, 2.24) is 4.90 Å². The largest absolute Gasteiger partial charge is 0.329 e. The van der Waals surface area contributed by atoms with Gasteiger partial charge in [0.25, 0.3) is 0 Å². The maximum absolute atomic E-state index is 5.82. The Bertz CT molecular complexity index is 188. The molecule has 3 atom stereocenters. The van der Waals surface area contributed by atoms with E-state index in [-0.39, 0.29) is 0 Å². The van der Waals surface area contributed by atoms with Gasteiger partial charge in [-0.2, -0.15) is 0 Å². The van der Waals surface area contributed by atoms with Gasteiger partial charge in [0, 0.05) is 25.2 Å². The van der Waals surface area contributed by atoms with Crippen LogP contribution in [0, 0.1) is 11.8 Å². The molecule has 0 aromatic heterocycles. The smallest absolute Gasteiger partial charge is 0.0252 e. The van der Waals surface area contributed by atoms with Gasteiger partial charge in [-0.25, -0.2) is 0 Å². The van der Waals surface area contributed by atoms with Gasteiger partial charge in [0.2, 0.25) is 0 Å². The molecule has 0 radical (unpaired) electrons. The van der Waals surface area contributed by atoms with Gasteiger partial charge >= 0.3 is 0 Å². The van der Waals surface area contributed by atoms with Crippen LogP contribution in [0.5, 0.6) is 0 Å². The van der Waals surface area contributed by atoms with E-state index in [2.05, 4.69) is 4.90 Å². The topological polar surface area (TPSA) is 29.3 Å². The Morgan fingerprint density at radius 2 is 2.17 bits per heavy atom. The molecule has 0 bridgehead atoms. The SMILES string of the molecule is NCC1C2CC2CN1C1CCC1. The molecule has 2 aliphatic carbocycles. The van der Waals surface area contributed by atoms with Gasteiger partial charge in [-0.1, -0.05) is 6.42 Å². The minimum atomic E-state index is 0.764. The summed E-state index contributed by atoms with van der Waals surface area (Å²) >= 11 is 0. The van der Waals surface area contributed by atoms with Crippen LogP contribution in [0.25, 0.3) is 0 Å². The number of hydrogen-bond donors (Lipinski definition) is 1. The first-order chi connectivity index (χ1) is 5.90. The van der Waals surface area contributed by atoms with E-state index in [0.29, 0.717) is 0 Å². The molecule has 3 aliphatic rings. The summed E-state index contributed by atoms with van der Waals surface area (Å²) in [5.74, 6) is 2.04. The van der Waals surface area contributed by atoms with Crippen LogP contribution in [0.1, 0.15) is 25.7 Å². The zero-order valence-corrected chi connectivity index (χ0v) is 7.58. The van der Waals surface area contributed by atoms with Gasteiger partial charge in [-0.05, 0) is 31.1 Å². The summed E-state index contributed by atoms with van der Waals surface area (Å²) in [6, 6.07) is 1.69. The molecule has 0 aromatic rings. The molecule has 0 spiro atoms. The molecule has 0 amide bonds. The second-order valence-corrected chi connectivity index (χ2v) is 4.74. The molecule has 3 fully saturated rings. The quantitative estimate of drug-likeness (QED) is 0.658. The highest BCUT2D eigenvalue weighted by Gasteiger charge is 2.53. The second kappa shape index (κ2) is 2.46. The minimum Gasteiger partial charge on any atom is -0.329 e. The minimum absolute atomic E-state index is 0.764. The van der Waals surface area contributed by atoms with E-state index < -0.39 is 0 Å². The number of piperidine rings is 1. The molecule has 2 N–H and O–H groups in total. The molecule has 1 heterocycles. The van der Waals surface area contributed by atoms with Gasteiger partial charge < -0.3 is 5.73 Å². The first-order valence-corrected chi connectivity index (χ1v) is 5.36. The third kappa shape index (κ3) is 0.882. The van der Waals surface area contributed by atoms with E-state index in [1.54, 1.807) is 0 Å². The second-order valence-electron chi connectivity index (χ2n) is 4.74. The molecular formula is C10H18N2.